The topological polar surface area (TPSA) is 53.7 Å². The van der Waals surface area contributed by atoms with Crippen LogP contribution in [0, 0.1) is 5.82 Å². The van der Waals surface area contributed by atoms with Crippen LogP contribution >= 0.6 is 0 Å². The van der Waals surface area contributed by atoms with Crippen molar-refractivity contribution in [2.24, 2.45) is 0 Å². The summed E-state index contributed by atoms with van der Waals surface area (Å²) in [6, 6.07) is 6.01. The van der Waals surface area contributed by atoms with Gasteiger partial charge in [0.15, 0.2) is 17.2 Å². The van der Waals surface area contributed by atoms with Crippen LogP contribution in [0.2, 0.25) is 0 Å². The zero-order chi connectivity index (χ0) is 14.2. The molecule has 0 saturated carbocycles. The minimum atomic E-state index is -0.998. The third-order valence-electron chi connectivity index (χ3n) is 2.68. The van der Waals surface area contributed by atoms with Crippen LogP contribution in [0.4, 0.5) is 4.39 Å². The van der Waals surface area contributed by atoms with E-state index in [1.807, 2.05) is 0 Å². The van der Waals surface area contributed by atoms with Crippen LogP contribution in [0.5, 0.6) is 0 Å². The lowest BCUT2D eigenvalue weighted by molar-refractivity contribution is 0.0353. The number of likely N-dealkylation sites (N-methyl/N-ethyl adjacent to an activating group) is 1. The molecule has 0 aliphatic heterocycles. The molecule has 1 heterocycles. The molecule has 1 N–H and O–H groups in total. The largest absolute Gasteiger partial charge is 0.448 e. The summed E-state index contributed by atoms with van der Waals surface area (Å²) in [6.45, 7) is 3.37. The third-order valence-corrected chi connectivity index (χ3v) is 2.68. The maximum absolute atomic E-state index is 13.5. The summed E-state index contributed by atoms with van der Waals surface area (Å²) in [6.07, 6.45) is 0. The number of nitrogens with zero attached hydrogens (tertiary/aromatic N) is 1. The van der Waals surface area contributed by atoms with Crippen molar-refractivity contribution in [1.29, 1.82) is 0 Å². The van der Waals surface area contributed by atoms with Crippen LogP contribution in [0.1, 0.15) is 24.4 Å². The molecule has 5 heteroatoms. The highest BCUT2D eigenvalue weighted by Crippen LogP contribution is 2.23. The van der Waals surface area contributed by atoms with Crippen molar-refractivity contribution in [2.45, 2.75) is 19.4 Å². The smallest absolute Gasteiger partial charge is 0.289 e. The molecule has 0 saturated heterocycles. The van der Waals surface area contributed by atoms with Gasteiger partial charge in [-0.3, -0.25) is 4.79 Å². The third kappa shape index (κ3) is 2.93. The summed E-state index contributed by atoms with van der Waals surface area (Å²) < 4.78 is 18.7. The van der Waals surface area contributed by atoms with E-state index in [1.54, 1.807) is 33.0 Å². The second-order valence-electron chi connectivity index (χ2n) is 5.24. The standard InChI is InChI=1S/C14H16FNO3/c1-14(2,18)8-16(3)13(17)11-7-9-5-4-6-10(15)12(9)19-11/h4-7,18H,8H2,1-3H3. The van der Waals surface area contributed by atoms with Gasteiger partial charge in [-0.05, 0) is 26.0 Å². The van der Waals surface area contributed by atoms with Gasteiger partial charge < -0.3 is 14.4 Å². The molecule has 4 nitrogen and oxygen atoms in total. The number of fused-ring (bicyclic) bond motifs is 1. The van der Waals surface area contributed by atoms with Crippen LogP contribution in [0.3, 0.4) is 0 Å². The lowest BCUT2D eigenvalue weighted by Crippen LogP contribution is -2.39. The number of halogens is 1. The molecule has 2 aromatic rings. The van der Waals surface area contributed by atoms with Crippen molar-refractivity contribution in [2.75, 3.05) is 13.6 Å². The van der Waals surface area contributed by atoms with E-state index in [0.717, 1.165) is 0 Å². The van der Waals surface area contributed by atoms with Crippen LogP contribution in [0.25, 0.3) is 11.0 Å². The monoisotopic (exact) mass is 265 g/mol. The Morgan fingerprint density at radius 2 is 2.16 bits per heavy atom. The summed E-state index contributed by atoms with van der Waals surface area (Å²) in [5, 5.41) is 10.2. The lowest BCUT2D eigenvalue weighted by Gasteiger charge is -2.24. The Labute approximate surface area is 110 Å². The van der Waals surface area contributed by atoms with E-state index in [1.165, 1.54) is 17.0 Å². The fourth-order valence-corrected chi connectivity index (χ4v) is 1.97. The first-order chi connectivity index (χ1) is 8.78. The zero-order valence-electron chi connectivity index (χ0n) is 11.1. The van der Waals surface area contributed by atoms with Gasteiger partial charge in [-0.1, -0.05) is 12.1 Å². The molecule has 19 heavy (non-hydrogen) atoms. The van der Waals surface area contributed by atoms with Crippen LogP contribution in [0.15, 0.2) is 28.7 Å². The molecule has 0 bridgehead atoms. The summed E-state index contributed by atoms with van der Waals surface area (Å²) in [5.41, 5.74) is -0.927. The number of amides is 1. The first kappa shape index (κ1) is 13.5. The molecule has 0 aliphatic carbocycles. The van der Waals surface area contributed by atoms with E-state index in [4.69, 9.17) is 4.42 Å². The molecule has 2 rings (SSSR count). The van der Waals surface area contributed by atoms with Gasteiger partial charge in [-0.15, -0.1) is 0 Å². The molecule has 1 aromatic heterocycles. The van der Waals surface area contributed by atoms with Crippen molar-refractivity contribution in [1.82, 2.24) is 4.90 Å². The quantitative estimate of drug-likeness (QED) is 0.927. The number of carbonyl (C=O) groups is 1. The highest BCUT2D eigenvalue weighted by atomic mass is 19.1. The first-order valence-corrected chi connectivity index (χ1v) is 5.94. The molecule has 0 spiro atoms. The average molecular weight is 265 g/mol. The van der Waals surface area contributed by atoms with Gasteiger partial charge in [0.25, 0.3) is 5.91 Å². The van der Waals surface area contributed by atoms with Crippen LogP contribution in [-0.2, 0) is 0 Å². The van der Waals surface area contributed by atoms with E-state index in [9.17, 15) is 14.3 Å². The Balaban J connectivity index is 2.29. The van der Waals surface area contributed by atoms with Gasteiger partial charge in [0.05, 0.1) is 5.60 Å². The second kappa shape index (κ2) is 4.66. The molecule has 0 unspecified atom stereocenters. The Bertz CT molecular complexity index is 613. The first-order valence-electron chi connectivity index (χ1n) is 5.94. The number of carbonyl (C=O) groups excluding carboxylic acids is 1. The second-order valence-corrected chi connectivity index (χ2v) is 5.24. The number of aliphatic hydroxyl groups is 1. The maximum Gasteiger partial charge on any atom is 0.289 e. The molecule has 0 atom stereocenters. The number of furan rings is 1. The van der Waals surface area contributed by atoms with Gasteiger partial charge in [-0.2, -0.15) is 0 Å². The minimum Gasteiger partial charge on any atom is -0.448 e. The van der Waals surface area contributed by atoms with Crippen molar-refractivity contribution in [3.05, 3.63) is 35.8 Å². The van der Waals surface area contributed by atoms with Gasteiger partial charge in [-0.25, -0.2) is 4.39 Å². The van der Waals surface area contributed by atoms with E-state index in [2.05, 4.69) is 0 Å². The normalized spacial score (nSPS) is 11.8. The summed E-state index contributed by atoms with van der Waals surface area (Å²) in [7, 11) is 1.56. The molecular weight excluding hydrogens is 249 g/mol. The fraction of sp³-hybridized carbons (Fsp3) is 0.357. The number of para-hydroxylation sites is 1. The average Bonchev–Trinajstić information content (AvgIpc) is 2.71. The minimum absolute atomic E-state index is 0.0619. The summed E-state index contributed by atoms with van der Waals surface area (Å²) in [5.74, 6) is -0.828. The maximum atomic E-state index is 13.5. The number of hydrogen-bond acceptors (Lipinski definition) is 3. The highest BCUT2D eigenvalue weighted by Gasteiger charge is 2.23. The van der Waals surface area contributed by atoms with Crippen molar-refractivity contribution < 1.29 is 18.7 Å². The van der Waals surface area contributed by atoms with E-state index >= 15 is 0 Å². The SMILES string of the molecule is CN(CC(C)(C)O)C(=O)c1cc2cccc(F)c2o1. The van der Waals surface area contributed by atoms with Gasteiger partial charge in [0.1, 0.15) is 0 Å². The lowest BCUT2D eigenvalue weighted by atomic mass is 10.1. The van der Waals surface area contributed by atoms with Crippen molar-refractivity contribution in [3.8, 4) is 0 Å². The summed E-state index contributed by atoms with van der Waals surface area (Å²) in [4.78, 5) is 13.4. The predicted octanol–water partition coefficient (Wildman–Crippen LogP) is 2.41. The van der Waals surface area contributed by atoms with E-state index in [0.29, 0.717) is 5.39 Å². The number of benzene rings is 1. The molecule has 1 aromatic carbocycles. The van der Waals surface area contributed by atoms with E-state index < -0.39 is 17.3 Å². The number of rotatable bonds is 3. The fourth-order valence-electron chi connectivity index (χ4n) is 1.97. The highest BCUT2D eigenvalue weighted by molar-refractivity contribution is 5.96. The molecule has 0 aliphatic rings. The van der Waals surface area contributed by atoms with Gasteiger partial charge in [0, 0.05) is 19.0 Å². The Hall–Kier alpha value is -1.88. The van der Waals surface area contributed by atoms with Crippen molar-refractivity contribution in [3.63, 3.8) is 0 Å². The zero-order valence-corrected chi connectivity index (χ0v) is 11.1. The Kier molecular flexibility index (Phi) is 3.32. The van der Waals surface area contributed by atoms with Crippen LogP contribution < -0.4 is 0 Å². The molecule has 1 amide bonds. The van der Waals surface area contributed by atoms with Crippen molar-refractivity contribution >= 4 is 16.9 Å². The van der Waals surface area contributed by atoms with E-state index in [-0.39, 0.29) is 17.9 Å². The van der Waals surface area contributed by atoms with Crippen LogP contribution in [-0.4, -0.2) is 35.1 Å². The van der Waals surface area contributed by atoms with Gasteiger partial charge >= 0.3 is 0 Å². The molecule has 102 valence electrons. The summed E-state index contributed by atoms with van der Waals surface area (Å²) >= 11 is 0. The Morgan fingerprint density at radius 3 is 2.74 bits per heavy atom. The van der Waals surface area contributed by atoms with Gasteiger partial charge in [0.2, 0.25) is 0 Å². The predicted molar refractivity (Wildman–Crippen MR) is 69.4 cm³/mol. The molecular formula is C14H16FNO3. The number of hydrogen-bond donors (Lipinski definition) is 1. The molecule has 0 radical (unpaired) electrons. The Morgan fingerprint density at radius 1 is 1.47 bits per heavy atom. The molecule has 0 fully saturated rings.